The third-order valence-corrected chi connectivity index (χ3v) is 6.39. The lowest BCUT2D eigenvalue weighted by atomic mass is 10.1. The molecule has 0 N–H and O–H groups in total. The fourth-order valence-corrected chi connectivity index (χ4v) is 4.85. The Kier molecular flexibility index (Phi) is 4.94. The first kappa shape index (κ1) is 17.0. The Balaban J connectivity index is 2.22. The summed E-state index contributed by atoms with van der Waals surface area (Å²) in [5.74, 6) is 0.276. The van der Waals surface area contributed by atoms with Gasteiger partial charge in [0.15, 0.2) is 9.84 Å². The van der Waals surface area contributed by atoms with Gasteiger partial charge in [-0.2, -0.15) is 5.10 Å². The van der Waals surface area contributed by atoms with Crippen LogP contribution in [0, 0.1) is 6.92 Å². The molecule has 2 heterocycles. The first-order valence-electron chi connectivity index (χ1n) is 7.82. The molecule has 1 fully saturated rings. The number of sulfone groups is 1. The summed E-state index contributed by atoms with van der Waals surface area (Å²) in [7, 11) is -1.15. The zero-order valence-corrected chi connectivity index (χ0v) is 14.6. The van der Waals surface area contributed by atoms with Crippen LogP contribution < -0.4 is 0 Å². The molecule has 0 radical (unpaired) electrons. The third-order valence-electron chi connectivity index (χ3n) is 4.64. The highest BCUT2D eigenvalue weighted by molar-refractivity contribution is 7.91. The smallest absolute Gasteiger partial charge is 0.257 e. The van der Waals surface area contributed by atoms with Crippen LogP contribution in [0.1, 0.15) is 55.2 Å². The van der Waals surface area contributed by atoms with E-state index in [4.69, 9.17) is 0 Å². The second-order valence-electron chi connectivity index (χ2n) is 6.03. The van der Waals surface area contributed by atoms with Gasteiger partial charge < -0.3 is 4.90 Å². The van der Waals surface area contributed by atoms with Crippen molar-refractivity contribution >= 4 is 15.7 Å². The van der Waals surface area contributed by atoms with E-state index < -0.39 is 9.84 Å². The maximum atomic E-state index is 12.6. The summed E-state index contributed by atoms with van der Waals surface area (Å²) >= 11 is 0. The van der Waals surface area contributed by atoms with Crippen molar-refractivity contribution in [2.24, 2.45) is 0 Å². The van der Waals surface area contributed by atoms with Crippen LogP contribution in [0.4, 0.5) is 0 Å². The van der Waals surface area contributed by atoms with Crippen LogP contribution in [0.3, 0.4) is 0 Å². The van der Waals surface area contributed by atoms with Gasteiger partial charge in [-0.1, -0.05) is 13.8 Å². The normalized spacial score (nSPS) is 20.5. The van der Waals surface area contributed by atoms with Crippen molar-refractivity contribution in [3.05, 3.63) is 17.5 Å². The van der Waals surface area contributed by atoms with E-state index in [9.17, 15) is 13.2 Å². The molecule has 0 spiro atoms. The molecule has 1 amide bonds. The monoisotopic (exact) mass is 327 g/mol. The number of aromatic nitrogens is 2. The van der Waals surface area contributed by atoms with Gasteiger partial charge in [-0.3, -0.25) is 9.48 Å². The van der Waals surface area contributed by atoms with E-state index in [0.717, 1.165) is 18.5 Å². The maximum absolute atomic E-state index is 12.6. The second kappa shape index (κ2) is 6.40. The highest BCUT2D eigenvalue weighted by Gasteiger charge is 2.32. The van der Waals surface area contributed by atoms with Crippen molar-refractivity contribution < 1.29 is 13.2 Å². The summed E-state index contributed by atoms with van der Waals surface area (Å²) in [6.07, 6.45) is 3.96. The van der Waals surface area contributed by atoms with Gasteiger partial charge in [-0.15, -0.1) is 0 Å². The number of hydrogen-bond donors (Lipinski definition) is 0. The Hall–Kier alpha value is -1.37. The Morgan fingerprint density at radius 3 is 2.59 bits per heavy atom. The molecular formula is C15H25N3O3S. The number of nitrogens with zero attached hydrogens (tertiary/aromatic N) is 3. The lowest BCUT2D eigenvalue weighted by molar-refractivity contribution is 0.0722. The van der Waals surface area contributed by atoms with E-state index in [1.165, 1.54) is 0 Å². The molecule has 0 aliphatic carbocycles. The van der Waals surface area contributed by atoms with Crippen LogP contribution in [-0.4, -0.2) is 53.6 Å². The molecule has 0 aromatic carbocycles. The van der Waals surface area contributed by atoms with Crippen LogP contribution in [0.2, 0.25) is 0 Å². The van der Waals surface area contributed by atoms with Gasteiger partial charge in [0.1, 0.15) is 0 Å². The Morgan fingerprint density at radius 1 is 1.45 bits per heavy atom. The number of amides is 1. The molecule has 2 rings (SSSR count). The van der Waals surface area contributed by atoms with Gasteiger partial charge in [-0.25, -0.2) is 8.42 Å². The molecule has 1 aliphatic rings. The van der Waals surface area contributed by atoms with Crippen LogP contribution in [-0.2, 0) is 9.84 Å². The number of rotatable bonds is 5. The zero-order chi connectivity index (χ0) is 16.5. The average Bonchev–Trinajstić information content (AvgIpc) is 3.01. The van der Waals surface area contributed by atoms with Crippen molar-refractivity contribution in [3.63, 3.8) is 0 Å². The van der Waals surface area contributed by atoms with Crippen LogP contribution in [0.5, 0.6) is 0 Å². The fraction of sp³-hybridized carbons (Fsp3) is 0.733. The standard InChI is InChI=1S/C15H25N3O3S/c1-5-12(6-2)17(4)15(19)14-9-16-18(11(14)3)13-7-8-22(20,21)10-13/h9,12-13H,5-8,10H2,1-4H3/t13-/m0/s1. The summed E-state index contributed by atoms with van der Waals surface area (Å²) in [6.45, 7) is 5.97. The summed E-state index contributed by atoms with van der Waals surface area (Å²) in [5, 5.41) is 4.28. The third kappa shape index (κ3) is 3.19. The lowest BCUT2D eigenvalue weighted by Gasteiger charge is -2.26. The molecule has 6 nitrogen and oxygen atoms in total. The molecule has 1 aromatic heterocycles. The SMILES string of the molecule is CCC(CC)N(C)C(=O)c1cnn([C@H]2CCS(=O)(=O)C2)c1C. The van der Waals surface area contributed by atoms with E-state index >= 15 is 0 Å². The van der Waals surface area contributed by atoms with Gasteiger partial charge in [0.05, 0.1) is 29.3 Å². The van der Waals surface area contributed by atoms with Gasteiger partial charge in [-0.05, 0) is 26.2 Å². The largest absolute Gasteiger partial charge is 0.339 e. The number of carbonyl (C=O) groups is 1. The first-order valence-corrected chi connectivity index (χ1v) is 9.64. The number of carbonyl (C=O) groups excluding carboxylic acids is 1. The Bertz CT molecular complexity index is 647. The van der Waals surface area contributed by atoms with Crippen molar-refractivity contribution in [2.45, 2.75) is 52.1 Å². The summed E-state index contributed by atoms with van der Waals surface area (Å²) in [6, 6.07) is 0.0621. The predicted molar refractivity (Wildman–Crippen MR) is 85.7 cm³/mol. The summed E-state index contributed by atoms with van der Waals surface area (Å²) < 4.78 is 25.0. The van der Waals surface area contributed by atoms with E-state index in [1.807, 2.05) is 14.0 Å². The van der Waals surface area contributed by atoms with Crippen molar-refractivity contribution in [2.75, 3.05) is 18.6 Å². The van der Waals surface area contributed by atoms with Crippen LogP contribution in [0.25, 0.3) is 0 Å². The number of hydrogen-bond acceptors (Lipinski definition) is 4. The minimum atomic E-state index is -2.97. The van der Waals surface area contributed by atoms with E-state index in [0.29, 0.717) is 12.0 Å². The maximum Gasteiger partial charge on any atom is 0.257 e. The fourth-order valence-electron chi connectivity index (χ4n) is 3.16. The zero-order valence-electron chi connectivity index (χ0n) is 13.7. The molecular weight excluding hydrogens is 302 g/mol. The van der Waals surface area contributed by atoms with E-state index in [2.05, 4.69) is 18.9 Å². The average molecular weight is 327 g/mol. The van der Waals surface area contributed by atoms with Gasteiger partial charge >= 0.3 is 0 Å². The molecule has 22 heavy (non-hydrogen) atoms. The molecule has 0 bridgehead atoms. The molecule has 7 heteroatoms. The molecule has 1 aromatic rings. The molecule has 0 unspecified atom stereocenters. The van der Waals surface area contributed by atoms with Crippen molar-refractivity contribution in [1.82, 2.24) is 14.7 Å². The topological polar surface area (TPSA) is 72.3 Å². The Morgan fingerprint density at radius 2 is 2.09 bits per heavy atom. The highest BCUT2D eigenvalue weighted by atomic mass is 32.2. The molecule has 0 saturated carbocycles. The molecule has 1 aliphatic heterocycles. The minimum absolute atomic E-state index is 0.0432. The first-order chi connectivity index (χ1) is 10.3. The van der Waals surface area contributed by atoms with Crippen LogP contribution in [0.15, 0.2) is 6.20 Å². The quantitative estimate of drug-likeness (QED) is 0.827. The van der Waals surface area contributed by atoms with Crippen LogP contribution >= 0.6 is 0 Å². The second-order valence-corrected chi connectivity index (χ2v) is 8.26. The van der Waals surface area contributed by atoms with Crippen molar-refractivity contribution in [3.8, 4) is 0 Å². The molecule has 124 valence electrons. The van der Waals surface area contributed by atoms with Crippen molar-refractivity contribution in [1.29, 1.82) is 0 Å². The van der Waals surface area contributed by atoms with Gasteiger partial charge in [0.25, 0.3) is 5.91 Å². The highest BCUT2D eigenvalue weighted by Crippen LogP contribution is 2.26. The van der Waals surface area contributed by atoms with Gasteiger partial charge in [0.2, 0.25) is 0 Å². The summed E-state index contributed by atoms with van der Waals surface area (Å²) in [4.78, 5) is 14.4. The lowest BCUT2D eigenvalue weighted by Crippen LogP contribution is -2.36. The van der Waals surface area contributed by atoms with Gasteiger partial charge in [0, 0.05) is 18.8 Å². The summed E-state index contributed by atoms with van der Waals surface area (Å²) in [5.41, 5.74) is 1.32. The van der Waals surface area contributed by atoms with E-state index in [1.54, 1.807) is 15.8 Å². The molecule has 1 atom stereocenters. The molecule has 1 saturated heterocycles. The Labute approximate surface area is 132 Å². The van der Waals surface area contributed by atoms with E-state index in [-0.39, 0.29) is 29.5 Å². The minimum Gasteiger partial charge on any atom is -0.339 e. The predicted octanol–water partition coefficient (Wildman–Crippen LogP) is 1.81.